The van der Waals surface area contributed by atoms with E-state index in [1.165, 1.54) is 5.56 Å². The molecule has 0 spiro atoms. The Morgan fingerprint density at radius 1 is 1.24 bits per heavy atom. The lowest BCUT2D eigenvalue weighted by Crippen LogP contribution is -2.53. The van der Waals surface area contributed by atoms with Crippen molar-refractivity contribution >= 4 is 11.6 Å². The minimum atomic E-state index is -0.0703. The third kappa shape index (κ3) is 3.21. The van der Waals surface area contributed by atoms with Crippen molar-refractivity contribution in [2.75, 3.05) is 38.0 Å². The van der Waals surface area contributed by atoms with Crippen molar-refractivity contribution in [1.29, 1.82) is 0 Å². The summed E-state index contributed by atoms with van der Waals surface area (Å²) in [6, 6.07) is 8.15. The lowest BCUT2D eigenvalue weighted by Gasteiger charge is -2.36. The summed E-state index contributed by atoms with van der Waals surface area (Å²) in [6.45, 7) is 9.36. The first-order valence-electron chi connectivity index (χ1n) is 7.99. The quantitative estimate of drug-likeness (QED) is 0.921. The maximum absolute atomic E-state index is 12.6. The molecule has 21 heavy (non-hydrogen) atoms. The predicted octanol–water partition coefficient (Wildman–Crippen LogP) is 1.82. The number of nitrogens with one attached hydrogen (secondary N) is 1. The Morgan fingerprint density at radius 2 is 1.95 bits per heavy atom. The van der Waals surface area contributed by atoms with Gasteiger partial charge < -0.3 is 10.2 Å². The fourth-order valence-corrected chi connectivity index (χ4v) is 3.33. The van der Waals surface area contributed by atoms with Crippen LogP contribution < -0.4 is 5.32 Å². The average molecular weight is 287 g/mol. The van der Waals surface area contributed by atoms with Gasteiger partial charge in [-0.2, -0.15) is 0 Å². The zero-order valence-corrected chi connectivity index (χ0v) is 13.0. The van der Waals surface area contributed by atoms with Crippen LogP contribution in [0.3, 0.4) is 0 Å². The molecule has 1 aromatic rings. The lowest BCUT2D eigenvalue weighted by molar-refractivity contribution is -0.133. The average Bonchev–Trinajstić information content (AvgIpc) is 2.90. The van der Waals surface area contributed by atoms with Gasteiger partial charge in [0.2, 0.25) is 5.91 Å². The Labute approximate surface area is 127 Å². The molecule has 2 aliphatic rings. The third-order valence-electron chi connectivity index (χ3n) is 4.38. The number of carbonyl (C=O) groups excluding carboxylic acids is 1. The maximum Gasteiger partial charge on any atom is 0.245 e. The second-order valence-corrected chi connectivity index (χ2v) is 6.58. The second kappa shape index (κ2) is 6.06. The molecule has 0 aromatic heterocycles. The molecule has 3 rings (SSSR count). The summed E-state index contributed by atoms with van der Waals surface area (Å²) in [4.78, 5) is 17.1. The third-order valence-corrected chi connectivity index (χ3v) is 4.38. The van der Waals surface area contributed by atoms with Gasteiger partial charge in [-0.15, -0.1) is 0 Å². The highest BCUT2D eigenvalue weighted by atomic mass is 16.2. The number of hydrogen-bond acceptors (Lipinski definition) is 3. The van der Waals surface area contributed by atoms with Crippen LogP contribution in [0, 0.1) is 5.92 Å². The Kier molecular flexibility index (Phi) is 4.15. The van der Waals surface area contributed by atoms with Gasteiger partial charge in [0.05, 0.1) is 0 Å². The molecule has 0 bridgehead atoms. The van der Waals surface area contributed by atoms with Gasteiger partial charge in [-0.1, -0.05) is 32.0 Å². The Hall–Kier alpha value is -1.55. The highest BCUT2D eigenvalue weighted by Crippen LogP contribution is 2.26. The molecule has 4 nitrogen and oxygen atoms in total. The van der Waals surface area contributed by atoms with E-state index in [1.54, 1.807) is 0 Å². The van der Waals surface area contributed by atoms with E-state index in [1.807, 2.05) is 17.0 Å². The number of carbonyl (C=O) groups is 1. The number of anilines is 1. The summed E-state index contributed by atoms with van der Waals surface area (Å²) in [5, 5.41) is 3.37. The van der Waals surface area contributed by atoms with Gasteiger partial charge in [0.25, 0.3) is 0 Å². The molecule has 1 amide bonds. The summed E-state index contributed by atoms with van der Waals surface area (Å²) < 4.78 is 0. The topological polar surface area (TPSA) is 35.6 Å². The van der Waals surface area contributed by atoms with Gasteiger partial charge in [-0.25, -0.2) is 0 Å². The molecule has 2 aliphatic heterocycles. The van der Waals surface area contributed by atoms with Gasteiger partial charge in [-0.3, -0.25) is 9.69 Å². The number of nitrogens with zero attached hydrogens (tertiary/aromatic N) is 2. The summed E-state index contributed by atoms with van der Waals surface area (Å²) in [7, 11) is 0. The van der Waals surface area contributed by atoms with E-state index in [9.17, 15) is 4.79 Å². The first kappa shape index (κ1) is 14.4. The van der Waals surface area contributed by atoms with Crippen LogP contribution in [0.2, 0.25) is 0 Å². The van der Waals surface area contributed by atoms with Crippen LogP contribution in [-0.2, 0) is 11.2 Å². The zero-order valence-electron chi connectivity index (χ0n) is 13.0. The minimum absolute atomic E-state index is 0.0703. The van der Waals surface area contributed by atoms with Crippen molar-refractivity contribution in [3.8, 4) is 0 Å². The van der Waals surface area contributed by atoms with E-state index < -0.39 is 0 Å². The molecular weight excluding hydrogens is 262 g/mol. The van der Waals surface area contributed by atoms with Crippen molar-refractivity contribution in [2.24, 2.45) is 5.92 Å². The minimum Gasteiger partial charge on any atom is -0.373 e. The first-order valence-corrected chi connectivity index (χ1v) is 7.99. The molecule has 4 heteroatoms. The largest absolute Gasteiger partial charge is 0.373 e. The normalized spacial score (nSPS) is 22.2. The highest BCUT2D eigenvalue weighted by molar-refractivity contribution is 5.87. The number of benzene rings is 1. The zero-order chi connectivity index (χ0) is 14.8. The molecule has 2 heterocycles. The van der Waals surface area contributed by atoms with Gasteiger partial charge in [-0.05, 0) is 17.5 Å². The van der Waals surface area contributed by atoms with E-state index in [-0.39, 0.29) is 11.9 Å². The molecule has 0 saturated carbocycles. The number of hydrogen-bond donors (Lipinski definition) is 1. The highest BCUT2D eigenvalue weighted by Gasteiger charge is 2.31. The number of rotatable bonds is 3. The van der Waals surface area contributed by atoms with Gasteiger partial charge in [0.1, 0.15) is 6.04 Å². The fourth-order valence-electron chi connectivity index (χ4n) is 3.33. The van der Waals surface area contributed by atoms with Crippen molar-refractivity contribution in [3.63, 3.8) is 0 Å². The standard InChI is InChI=1S/C17H25N3O/c1-13(2)12-19-7-9-20(10-8-19)17(21)16-11-14-5-3-4-6-15(14)18-16/h3-6,13,16,18H,7-12H2,1-2H3/t16-/m0/s1. The first-order chi connectivity index (χ1) is 10.1. The van der Waals surface area contributed by atoms with Gasteiger partial charge in [0, 0.05) is 44.8 Å². The van der Waals surface area contributed by atoms with Crippen molar-refractivity contribution < 1.29 is 4.79 Å². The molecule has 1 aromatic carbocycles. The molecule has 1 fully saturated rings. The van der Waals surface area contributed by atoms with E-state index in [0.717, 1.165) is 44.8 Å². The monoisotopic (exact) mass is 287 g/mol. The van der Waals surface area contributed by atoms with Crippen molar-refractivity contribution in [1.82, 2.24) is 9.80 Å². The van der Waals surface area contributed by atoms with Crippen molar-refractivity contribution in [2.45, 2.75) is 26.3 Å². The van der Waals surface area contributed by atoms with E-state index in [4.69, 9.17) is 0 Å². The molecule has 0 radical (unpaired) electrons. The molecule has 114 valence electrons. The van der Waals surface area contributed by atoms with Gasteiger partial charge >= 0.3 is 0 Å². The van der Waals surface area contributed by atoms with Crippen LogP contribution in [0.1, 0.15) is 19.4 Å². The summed E-state index contributed by atoms with van der Waals surface area (Å²) in [6.07, 6.45) is 0.821. The maximum atomic E-state index is 12.6. The van der Waals surface area contributed by atoms with E-state index in [0.29, 0.717) is 5.92 Å². The Bertz CT molecular complexity index is 482. The smallest absolute Gasteiger partial charge is 0.245 e. The van der Waals surface area contributed by atoms with Crippen LogP contribution in [0.15, 0.2) is 24.3 Å². The SMILES string of the molecule is CC(C)CN1CCN(C(=O)[C@@H]2Cc3ccccc3N2)CC1. The Balaban J connectivity index is 1.54. The second-order valence-electron chi connectivity index (χ2n) is 6.58. The summed E-state index contributed by atoms with van der Waals surface area (Å²) >= 11 is 0. The molecule has 1 atom stereocenters. The summed E-state index contributed by atoms with van der Waals surface area (Å²) in [5.74, 6) is 0.952. The molecule has 1 saturated heterocycles. The number of fused-ring (bicyclic) bond motifs is 1. The van der Waals surface area contributed by atoms with Crippen LogP contribution in [0.4, 0.5) is 5.69 Å². The van der Waals surface area contributed by atoms with Crippen molar-refractivity contribution in [3.05, 3.63) is 29.8 Å². The molecule has 1 N–H and O–H groups in total. The molecular formula is C17H25N3O. The van der Waals surface area contributed by atoms with E-state index in [2.05, 4.69) is 36.2 Å². The number of piperazine rings is 1. The van der Waals surface area contributed by atoms with Crippen LogP contribution in [-0.4, -0.2) is 54.5 Å². The number of para-hydroxylation sites is 1. The molecule has 0 unspecified atom stereocenters. The van der Waals surface area contributed by atoms with Crippen LogP contribution in [0.25, 0.3) is 0 Å². The fraction of sp³-hybridized carbons (Fsp3) is 0.588. The lowest BCUT2D eigenvalue weighted by atomic mass is 10.1. The van der Waals surface area contributed by atoms with Gasteiger partial charge in [0.15, 0.2) is 0 Å². The molecule has 0 aliphatic carbocycles. The van der Waals surface area contributed by atoms with E-state index >= 15 is 0 Å². The van der Waals surface area contributed by atoms with Crippen LogP contribution >= 0.6 is 0 Å². The Morgan fingerprint density at radius 3 is 2.62 bits per heavy atom. The van der Waals surface area contributed by atoms with Crippen LogP contribution in [0.5, 0.6) is 0 Å². The number of amides is 1. The predicted molar refractivity (Wildman–Crippen MR) is 85.4 cm³/mol. The summed E-state index contributed by atoms with van der Waals surface area (Å²) in [5.41, 5.74) is 2.38.